The molecule has 5 heteroatoms. The molecule has 1 unspecified atom stereocenters. The molecule has 0 aliphatic heterocycles. The Morgan fingerprint density at radius 1 is 1.03 bits per heavy atom. The Labute approximate surface area is 177 Å². The normalized spacial score (nSPS) is 17.1. The maximum absolute atomic E-state index is 13.1. The second-order valence-corrected chi connectivity index (χ2v) is 8.93. The van der Waals surface area contributed by atoms with E-state index in [4.69, 9.17) is 0 Å². The van der Waals surface area contributed by atoms with Crippen LogP contribution in [0, 0.1) is 19.8 Å². The molecule has 0 spiro atoms. The van der Waals surface area contributed by atoms with Crippen molar-refractivity contribution in [2.75, 3.05) is 5.75 Å². The number of ketones is 1. The van der Waals surface area contributed by atoms with Crippen LogP contribution in [-0.2, 0) is 17.6 Å². The number of aromatic nitrogens is 2. The molecule has 1 aliphatic carbocycles. The Kier molecular flexibility index (Phi) is 7.12. The highest BCUT2D eigenvalue weighted by Crippen LogP contribution is 2.37. The van der Waals surface area contributed by atoms with Gasteiger partial charge in [-0.1, -0.05) is 43.3 Å². The number of aryl methyl sites for hydroxylation is 4. The molecule has 2 aromatic rings. The van der Waals surface area contributed by atoms with Gasteiger partial charge in [-0.2, -0.15) is 0 Å². The molecule has 154 valence electrons. The number of hydrogen-bond donors (Lipinski definition) is 1. The molecule has 0 saturated carbocycles. The number of carbonyl (C=O) groups is 1. The molecule has 0 amide bonds. The van der Waals surface area contributed by atoms with E-state index < -0.39 is 0 Å². The minimum atomic E-state index is 0.0728. The van der Waals surface area contributed by atoms with Gasteiger partial charge in [-0.15, -0.1) is 0 Å². The number of rotatable bonds is 7. The minimum absolute atomic E-state index is 0.0728. The van der Waals surface area contributed by atoms with E-state index in [1.54, 1.807) is 11.8 Å². The van der Waals surface area contributed by atoms with Crippen LogP contribution in [0.4, 0.5) is 0 Å². The highest BCUT2D eigenvalue weighted by atomic mass is 32.2. The minimum Gasteiger partial charge on any atom is -0.512 e. The van der Waals surface area contributed by atoms with Crippen LogP contribution in [-0.4, -0.2) is 26.6 Å². The topological polar surface area (TPSA) is 63.1 Å². The van der Waals surface area contributed by atoms with Crippen LogP contribution in [0.25, 0.3) is 5.57 Å². The summed E-state index contributed by atoms with van der Waals surface area (Å²) in [4.78, 5) is 21.7. The molecule has 0 radical (unpaired) electrons. The number of thioether (sulfide) groups is 1. The SMILES string of the molecule is CCc1cc(C)cc(CC)c1C1=C(O)CC(CCSc2ncc(C)cn2)CC1=O. The highest BCUT2D eigenvalue weighted by molar-refractivity contribution is 7.99. The molecule has 1 heterocycles. The molecular weight excluding hydrogens is 380 g/mol. The quantitative estimate of drug-likeness (QED) is 0.472. The van der Waals surface area contributed by atoms with Gasteiger partial charge in [-0.3, -0.25) is 4.79 Å². The van der Waals surface area contributed by atoms with Gasteiger partial charge in [0.2, 0.25) is 0 Å². The van der Waals surface area contributed by atoms with E-state index >= 15 is 0 Å². The molecular formula is C24H30N2O2S. The first-order valence-corrected chi connectivity index (χ1v) is 11.4. The first-order valence-electron chi connectivity index (χ1n) is 10.4. The number of aliphatic hydroxyl groups excluding tert-OH is 1. The summed E-state index contributed by atoms with van der Waals surface area (Å²) in [6.07, 6.45) is 7.26. The van der Waals surface area contributed by atoms with Crippen molar-refractivity contribution in [1.82, 2.24) is 9.97 Å². The van der Waals surface area contributed by atoms with Gasteiger partial charge in [0.15, 0.2) is 10.9 Å². The Balaban J connectivity index is 1.75. The smallest absolute Gasteiger partial charge is 0.187 e. The number of aliphatic hydroxyl groups is 1. The van der Waals surface area contributed by atoms with E-state index in [0.717, 1.165) is 52.4 Å². The lowest BCUT2D eigenvalue weighted by Gasteiger charge is -2.26. The molecule has 3 rings (SSSR count). The van der Waals surface area contributed by atoms with Crippen LogP contribution >= 0.6 is 11.8 Å². The van der Waals surface area contributed by atoms with Crippen LogP contribution in [0.3, 0.4) is 0 Å². The van der Waals surface area contributed by atoms with Crippen molar-refractivity contribution >= 4 is 23.1 Å². The fraction of sp³-hybridized carbons (Fsp3) is 0.458. The predicted molar refractivity (Wildman–Crippen MR) is 119 cm³/mol. The summed E-state index contributed by atoms with van der Waals surface area (Å²) in [6, 6.07) is 4.29. The van der Waals surface area contributed by atoms with Crippen LogP contribution in [0.15, 0.2) is 35.4 Å². The van der Waals surface area contributed by atoms with E-state index in [0.29, 0.717) is 18.4 Å². The van der Waals surface area contributed by atoms with Gasteiger partial charge in [0.25, 0.3) is 0 Å². The van der Waals surface area contributed by atoms with Gasteiger partial charge >= 0.3 is 0 Å². The Morgan fingerprint density at radius 3 is 2.21 bits per heavy atom. The Hall–Kier alpha value is -2.14. The lowest BCUT2D eigenvalue weighted by atomic mass is 9.79. The van der Waals surface area contributed by atoms with Gasteiger partial charge in [-0.25, -0.2) is 9.97 Å². The number of nitrogens with zero attached hydrogens (tertiary/aromatic N) is 2. The first-order chi connectivity index (χ1) is 13.9. The van der Waals surface area contributed by atoms with Crippen molar-refractivity contribution in [1.29, 1.82) is 0 Å². The summed E-state index contributed by atoms with van der Waals surface area (Å²) < 4.78 is 0. The maximum Gasteiger partial charge on any atom is 0.187 e. The van der Waals surface area contributed by atoms with Gasteiger partial charge in [0, 0.05) is 31.0 Å². The summed E-state index contributed by atoms with van der Waals surface area (Å²) in [5, 5.41) is 11.6. The second-order valence-electron chi connectivity index (χ2n) is 7.86. The third-order valence-corrected chi connectivity index (χ3v) is 6.40. The summed E-state index contributed by atoms with van der Waals surface area (Å²) in [6.45, 7) is 8.27. The summed E-state index contributed by atoms with van der Waals surface area (Å²) >= 11 is 1.60. The molecule has 0 fully saturated rings. The van der Waals surface area contributed by atoms with E-state index in [9.17, 15) is 9.90 Å². The van der Waals surface area contributed by atoms with Crippen molar-refractivity contribution in [2.24, 2.45) is 5.92 Å². The molecule has 1 atom stereocenters. The number of carbonyl (C=O) groups excluding carboxylic acids is 1. The third-order valence-electron chi connectivity index (χ3n) is 5.50. The van der Waals surface area contributed by atoms with Gasteiger partial charge in [-0.05, 0) is 61.3 Å². The van der Waals surface area contributed by atoms with Crippen LogP contribution in [0.1, 0.15) is 60.9 Å². The average Bonchev–Trinajstić information content (AvgIpc) is 2.69. The van der Waals surface area contributed by atoms with Crippen molar-refractivity contribution in [3.8, 4) is 0 Å². The summed E-state index contributed by atoms with van der Waals surface area (Å²) in [5.74, 6) is 1.35. The van der Waals surface area contributed by atoms with Gasteiger partial charge in [0.05, 0.1) is 5.57 Å². The lowest BCUT2D eigenvalue weighted by molar-refractivity contribution is -0.115. The average molecular weight is 411 g/mol. The lowest BCUT2D eigenvalue weighted by Crippen LogP contribution is -2.21. The standard InChI is InChI=1S/C24H30N2O2S/c1-5-18-9-15(3)10-19(6-2)22(18)23-20(27)11-17(12-21(23)28)7-8-29-24-25-13-16(4)14-26-24/h9-10,13-14,17,27H,5-8,11-12H2,1-4H3. The number of allylic oxidation sites excluding steroid dienone is 2. The zero-order valence-corrected chi connectivity index (χ0v) is 18.6. The van der Waals surface area contributed by atoms with Crippen molar-refractivity contribution in [3.05, 3.63) is 58.1 Å². The molecule has 0 saturated heterocycles. The maximum atomic E-state index is 13.1. The molecule has 29 heavy (non-hydrogen) atoms. The predicted octanol–water partition coefficient (Wildman–Crippen LogP) is 5.65. The number of hydrogen-bond acceptors (Lipinski definition) is 5. The zero-order valence-electron chi connectivity index (χ0n) is 17.8. The fourth-order valence-electron chi connectivity index (χ4n) is 4.05. The van der Waals surface area contributed by atoms with Gasteiger partial charge < -0.3 is 5.11 Å². The molecule has 1 aromatic heterocycles. The highest BCUT2D eigenvalue weighted by Gasteiger charge is 2.30. The van der Waals surface area contributed by atoms with Crippen LogP contribution in [0.2, 0.25) is 0 Å². The van der Waals surface area contributed by atoms with E-state index in [-0.39, 0.29) is 17.5 Å². The van der Waals surface area contributed by atoms with Crippen LogP contribution in [0.5, 0.6) is 0 Å². The van der Waals surface area contributed by atoms with Crippen molar-refractivity contribution in [3.63, 3.8) is 0 Å². The molecule has 1 N–H and O–H groups in total. The summed E-state index contributed by atoms with van der Waals surface area (Å²) in [5.41, 5.74) is 6.10. The Bertz CT molecular complexity index is 894. The zero-order chi connectivity index (χ0) is 21.0. The third kappa shape index (κ3) is 5.08. The Morgan fingerprint density at radius 2 is 1.66 bits per heavy atom. The van der Waals surface area contributed by atoms with Crippen molar-refractivity contribution < 1.29 is 9.90 Å². The van der Waals surface area contributed by atoms with Crippen molar-refractivity contribution in [2.45, 2.75) is 65.0 Å². The first kappa shape index (κ1) is 21.6. The molecule has 0 bridgehead atoms. The van der Waals surface area contributed by atoms with Gasteiger partial charge in [0.1, 0.15) is 5.76 Å². The van der Waals surface area contributed by atoms with E-state index in [1.807, 2.05) is 19.3 Å². The number of Topliss-reactive ketones (excluding diaryl/α,β-unsaturated/α-hetero) is 1. The number of benzene rings is 1. The fourth-order valence-corrected chi connectivity index (χ4v) is 4.94. The van der Waals surface area contributed by atoms with Crippen LogP contribution < -0.4 is 0 Å². The largest absolute Gasteiger partial charge is 0.512 e. The summed E-state index contributed by atoms with van der Waals surface area (Å²) in [7, 11) is 0. The van der Waals surface area contributed by atoms with E-state index in [2.05, 4.69) is 42.9 Å². The monoisotopic (exact) mass is 410 g/mol. The second kappa shape index (κ2) is 9.57. The molecule has 1 aromatic carbocycles. The molecule has 4 nitrogen and oxygen atoms in total. The molecule has 1 aliphatic rings. The van der Waals surface area contributed by atoms with E-state index in [1.165, 1.54) is 5.56 Å².